The number of aryl methyl sites for hydroxylation is 2. The summed E-state index contributed by atoms with van der Waals surface area (Å²) >= 11 is 6.60. The molecule has 23 heavy (non-hydrogen) atoms. The average molecular weight is 334 g/mol. The van der Waals surface area contributed by atoms with Gasteiger partial charge in [-0.2, -0.15) is 0 Å². The van der Waals surface area contributed by atoms with Crippen LogP contribution in [0.15, 0.2) is 24.3 Å². The molecule has 0 saturated heterocycles. The molecule has 0 unspecified atom stereocenters. The largest absolute Gasteiger partial charge is 0.490 e. The molecule has 0 spiro atoms. The van der Waals surface area contributed by atoms with Gasteiger partial charge in [-0.05, 0) is 31.5 Å². The molecule has 0 fully saturated rings. The van der Waals surface area contributed by atoms with E-state index in [0.29, 0.717) is 16.3 Å². The number of ether oxygens (including phenoxy) is 1. The highest BCUT2D eigenvalue weighted by Gasteiger charge is 2.19. The van der Waals surface area contributed by atoms with Crippen LogP contribution in [0.5, 0.6) is 5.75 Å². The van der Waals surface area contributed by atoms with Gasteiger partial charge >= 0.3 is 0 Å². The summed E-state index contributed by atoms with van der Waals surface area (Å²) in [5, 5.41) is 21.3. The number of aromatic nitrogens is 1. The highest BCUT2D eigenvalue weighted by molar-refractivity contribution is 6.39. The van der Waals surface area contributed by atoms with Crippen molar-refractivity contribution in [3.63, 3.8) is 0 Å². The molecule has 3 aromatic rings. The second-order valence-electron chi connectivity index (χ2n) is 5.51. The molecule has 0 aliphatic rings. The lowest BCUT2D eigenvalue weighted by Crippen LogP contribution is -2.04. The zero-order chi connectivity index (χ0) is 16.6. The van der Waals surface area contributed by atoms with Crippen molar-refractivity contribution >= 4 is 33.4 Å². The zero-order valence-corrected chi connectivity index (χ0v) is 14.0. The van der Waals surface area contributed by atoms with Gasteiger partial charge in [0.15, 0.2) is 0 Å². The molecule has 0 aliphatic heterocycles. The van der Waals surface area contributed by atoms with Crippen molar-refractivity contribution in [2.24, 2.45) is 0 Å². The molecule has 0 amide bonds. The molecule has 5 heteroatoms. The Morgan fingerprint density at radius 2 is 1.78 bits per heavy atom. The van der Waals surface area contributed by atoms with Crippen LogP contribution in [0.4, 0.5) is 0 Å². The smallest absolute Gasteiger partial charge is 0.134 e. The number of fused-ring (bicyclic) bond motifs is 3. The second-order valence-corrected chi connectivity index (χ2v) is 5.89. The molecule has 3 rings (SSSR count). The molecule has 0 radical (unpaired) electrons. The number of hydrogen-bond acceptors (Lipinski definition) is 3. The van der Waals surface area contributed by atoms with Crippen LogP contribution < -0.4 is 4.74 Å². The third-order valence-electron chi connectivity index (χ3n) is 4.19. The molecule has 122 valence electrons. The van der Waals surface area contributed by atoms with Crippen molar-refractivity contribution in [2.45, 2.75) is 27.0 Å². The fourth-order valence-electron chi connectivity index (χ4n) is 3.12. The van der Waals surface area contributed by atoms with Gasteiger partial charge in [-0.1, -0.05) is 23.7 Å². The number of hydrogen-bond donors (Lipinski definition) is 2. The predicted molar refractivity (Wildman–Crippen MR) is 93.4 cm³/mol. The van der Waals surface area contributed by atoms with Crippen LogP contribution in [0.1, 0.15) is 18.1 Å². The molecule has 0 bridgehead atoms. The lowest BCUT2D eigenvalue weighted by Gasteiger charge is -2.12. The van der Waals surface area contributed by atoms with Gasteiger partial charge in [-0.25, -0.2) is 0 Å². The minimum Gasteiger partial charge on any atom is -0.490 e. The molecule has 1 heterocycles. The van der Waals surface area contributed by atoms with Gasteiger partial charge in [-0.3, -0.25) is 0 Å². The van der Waals surface area contributed by atoms with E-state index in [1.54, 1.807) is 0 Å². The van der Waals surface area contributed by atoms with Gasteiger partial charge in [0.05, 0.1) is 34.7 Å². The Labute approximate surface area is 139 Å². The Kier molecular flexibility index (Phi) is 4.48. The van der Waals surface area contributed by atoms with Gasteiger partial charge in [-0.15, -0.1) is 0 Å². The van der Waals surface area contributed by atoms with Gasteiger partial charge in [0, 0.05) is 17.5 Å². The first-order valence-electron chi connectivity index (χ1n) is 7.71. The van der Waals surface area contributed by atoms with Crippen LogP contribution in [0.2, 0.25) is 5.02 Å². The molecular formula is C18H20ClNO3. The van der Waals surface area contributed by atoms with Crippen LogP contribution in [0.3, 0.4) is 0 Å². The first-order valence-corrected chi connectivity index (χ1v) is 8.09. The van der Waals surface area contributed by atoms with Crippen LogP contribution in [0, 0.1) is 6.92 Å². The molecule has 0 atom stereocenters. The van der Waals surface area contributed by atoms with Gasteiger partial charge in [0.25, 0.3) is 0 Å². The minimum absolute atomic E-state index is 0.0829. The third kappa shape index (κ3) is 2.47. The highest BCUT2D eigenvalue weighted by Crippen LogP contribution is 2.42. The van der Waals surface area contributed by atoms with Crippen molar-refractivity contribution < 1.29 is 14.9 Å². The van der Waals surface area contributed by atoms with E-state index in [-0.39, 0.29) is 19.8 Å². The predicted octanol–water partition coefficient (Wildman–Crippen LogP) is 3.64. The maximum absolute atomic E-state index is 9.65. The highest BCUT2D eigenvalue weighted by atomic mass is 35.5. The SMILES string of the molecule is CCn1c2ccc(C)c(Cl)c2c2c(OCCO)c(CO)ccc21. The molecular weight excluding hydrogens is 314 g/mol. The molecule has 4 nitrogen and oxygen atoms in total. The van der Waals surface area contributed by atoms with E-state index in [2.05, 4.69) is 17.6 Å². The summed E-state index contributed by atoms with van der Waals surface area (Å²) in [4.78, 5) is 0. The molecule has 2 N–H and O–H groups in total. The first kappa shape index (κ1) is 16.1. The topological polar surface area (TPSA) is 54.6 Å². The summed E-state index contributed by atoms with van der Waals surface area (Å²) in [5.41, 5.74) is 3.75. The van der Waals surface area contributed by atoms with Crippen LogP contribution in [0.25, 0.3) is 21.8 Å². The number of aliphatic hydroxyl groups excluding tert-OH is 2. The first-order chi connectivity index (χ1) is 11.1. The molecule has 2 aromatic carbocycles. The van der Waals surface area contributed by atoms with Crippen molar-refractivity contribution in [3.8, 4) is 5.75 Å². The summed E-state index contributed by atoms with van der Waals surface area (Å²) in [5.74, 6) is 0.601. The molecule has 0 saturated carbocycles. The maximum Gasteiger partial charge on any atom is 0.134 e. The lowest BCUT2D eigenvalue weighted by molar-refractivity contribution is 0.197. The lowest BCUT2D eigenvalue weighted by atomic mass is 10.1. The van der Waals surface area contributed by atoms with Gasteiger partial charge in [0.1, 0.15) is 12.4 Å². The fraction of sp³-hybridized carbons (Fsp3) is 0.333. The maximum atomic E-state index is 9.65. The Morgan fingerprint density at radius 3 is 2.43 bits per heavy atom. The van der Waals surface area contributed by atoms with Crippen LogP contribution in [-0.4, -0.2) is 28.0 Å². The van der Waals surface area contributed by atoms with Crippen molar-refractivity contribution in [1.82, 2.24) is 4.57 Å². The normalized spacial score (nSPS) is 11.5. The number of rotatable bonds is 5. The van der Waals surface area contributed by atoms with E-state index in [9.17, 15) is 5.11 Å². The van der Waals surface area contributed by atoms with E-state index in [4.69, 9.17) is 21.4 Å². The number of nitrogens with zero attached hydrogens (tertiary/aromatic N) is 1. The Hall–Kier alpha value is -1.75. The van der Waals surface area contributed by atoms with E-state index in [0.717, 1.165) is 33.9 Å². The number of halogens is 1. The van der Waals surface area contributed by atoms with E-state index in [1.807, 2.05) is 25.1 Å². The van der Waals surface area contributed by atoms with E-state index in [1.165, 1.54) is 0 Å². The zero-order valence-electron chi connectivity index (χ0n) is 13.3. The van der Waals surface area contributed by atoms with Gasteiger partial charge in [0.2, 0.25) is 0 Å². The summed E-state index contributed by atoms with van der Waals surface area (Å²) in [7, 11) is 0. The summed E-state index contributed by atoms with van der Waals surface area (Å²) in [6.07, 6.45) is 0. The summed E-state index contributed by atoms with van der Waals surface area (Å²) < 4.78 is 7.95. The summed E-state index contributed by atoms with van der Waals surface area (Å²) in [6, 6.07) is 7.92. The third-order valence-corrected chi connectivity index (χ3v) is 4.67. The van der Waals surface area contributed by atoms with Crippen molar-refractivity contribution in [3.05, 3.63) is 40.4 Å². The Morgan fingerprint density at radius 1 is 1.09 bits per heavy atom. The van der Waals surface area contributed by atoms with Crippen LogP contribution >= 0.6 is 11.6 Å². The van der Waals surface area contributed by atoms with Crippen molar-refractivity contribution in [1.29, 1.82) is 0 Å². The van der Waals surface area contributed by atoms with Crippen molar-refractivity contribution in [2.75, 3.05) is 13.2 Å². The standard InChI is InChI=1S/C18H20ClNO3/c1-3-20-13-6-4-11(2)17(19)15(13)16-14(20)7-5-12(10-22)18(16)23-9-8-21/h4-7,21-22H,3,8-10H2,1-2H3. The van der Waals surface area contributed by atoms with E-state index >= 15 is 0 Å². The molecule has 0 aliphatic carbocycles. The Balaban J connectivity index is 2.49. The van der Waals surface area contributed by atoms with Gasteiger partial charge < -0.3 is 19.5 Å². The minimum atomic E-state index is -0.126. The second kappa shape index (κ2) is 6.40. The van der Waals surface area contributed by atoms with E-state index < -0.39 is 0 Å². The Bertz CT molecular complexity index is 870. The average Bonchev–Trinajstić information content (AvgIpc) is 2.90. The number of aliphatic hydroxyl groups is 2. The molecule has 1 aromatic heterocycles. The van der Waals surface area contributed by atoms with Crippen LogP contribution in [-0.2, 0) is 13.2 Å². The number of benzene rings is 2. The monoisotopic (exact) mass is 333 g/mol. The quantitative estimate of drug-likeness (QED) is 0.749. The fourth-order valence-corrected chi connectivity index (χ4v) is 3.38. The summed E-state index contributed by atoms with van der Waals surface area (Å²) in [6.45, 7) is 4.83.